The molecule has 1 aromatic carbocycles. The van der Waals surface area contributed by atoms with E-state index in [1.807, 2.05) is 12.1 Å². The molecule has 118 valence electrons. The van der Waals surface area contributed by atoms with E-state index in [4.69, 9.17) is 4.74 Å². The van der Waals surface area contributed by atoms with Crippen molar-refractivity contribution in [3.05, 3.63) is 29.8 Å². The SMILES string of the molecule is CCN(CC)CCCNC(C(=O)O)c1ccccc1OC. The first-order valence-electron chi connectivity index (χ1n) is 7.45. The Labute approximate surface area is 126 Å². The fourth-order valence-corrected chi connectivity index (χ4v) is 2.32. The molecule has 5 heteroatoms. The van der Waals surface area contributed by atoms with Crippen LogP contribution in [-0.2, 0) is 4.79 Å². The summed E-state index contributed by atoms with van der Waals surface area (Å²) in [6, 6.07) is 6.49. The Morgan fingerprint density at radius 2 is 2.00 bits per heavy atom. The van der Waals surface area contributed by atoms with Crippen LogP contribution in [0.25, 0.3) is 0 Å². The predicted molar refractivity (Wildman–Crippen MR) is 83.8 cm³/mol. The predicted octanol–water partition coefficient (Wildman–Crippen LogP) is 2.14. The van der Waals surface area contributed by atoms with Gasteiger partial charge in [0.2, 0.25) is 0 Å². The van der Waals surface area contributed by atoms with Crippen molar-refractivity contribution in [1.29, 1.82) is 0 Å². The van der Waals surface area contributed by atoms with Gasteiger partial charge in [-0.2, -0.15) is 0 Å². The molecule has 2 N–H and O–H groups in total. The number of para-hydroxylation sites is 1. The highest BCUT2D eigenvalue weighted by Crippen LogP contribution is 2.24. The third-order valence-corrected chi connectivity index (χ3v) is 3.59. The van der Waals surface area contributed by atoms with Gasteiger partial charge in [0.15, 0.2) is 0 Å². The molecular weight excluding hydrogens is 268 g/mol. The number of ether oxygens (including phenoxy) is 1. The Kier molecular flexibility index (Phi) is 7.79. The van der Waals surface area contributed by atoms with E-state index in [1.54, 1.807) is 19.2 Å². The highest BCUT2D eigenvalue weighted by atomic mass is 16.5. The summed E-state index contributed by atoms with van der Waals surface area (Å²) in [6.45, 7) is 7.93. The van der Waals surface area contributed by atoms with Gasteiger partial charge < -0.3 is 20.1 Å². The smallest absolute Gasteiger partial charge is 0.325 e. The van der Waals surface area contributed by atoms with Gasteiger partial charge >= 0.3 is 5.97 Å². The maximum Gasteiger partial charge on any atom is 0.325 e. The van der Waals surface area contributed by atoms with Crippen LogP contribution in [0.2, 0.25) is 0 Å². The van der Waals surface area contributed by atoms with E-state index in [0.29, 0.717) is 17.9 Å². The molecule has 0 amide bonds. The van der Waals surface area contributed by atoms with Crippen molar-refractivity contribution in [3.8, 4) is 5.75 Å². The second kappa shape index (κ2) is 9.37. The number of methoxy groups -OCH3 is 1. The topological polar surface area (TPSA) is 61.8 Å². The number of carboxylic acids is 1. The monoisotopic (exact) mass is 294 g/mol. The van der Waals surface area contributed by atoms with Crippen LogP contribution in [0, 0.1) is 0 Å². The second-order valence-corrected chi connectivity index (χ2v) is 4.85. The van der Waals surface area contributed by atoms with Gasteiger partial charge in [0.05, 0.1) is 7.11 Å². The summed E-state index contributed by atoms with van der Waals surface area (Å²) in [5.74, 6) is -0.288. The van der Waals surface area contributed by atoms with Crippen molar-refractivity contribution in [2.24, 2.45) is 0 Å². The zero-order valence-corrected chi connectivity index (χ0v) is 13.1. The van der Waals surface area contributed by atoms with E-state index in [1.165, 1.54) is 0 Å². The van der Waals surface area contributed by atoms with Gasteiger partial charge in [0.1, 0.15) is 11.8 Å². The minimum atomic E-state index is -0.887. The van der Waals surface area contributed by atoms with E-state index in [0.717, 1.165) is 26.1 Å². The van der Waals surface area contributed by atoms with Crippen molar-refractivity contribution < 1.29 is 14.6 Å². The molecule has 21 heavy (non-hydrogen) atoms. The van der Waals surface area contributed by atoms with Crippen LogP contribution >= 0.6 is 0 Å². The van der Waals surface area contributed by atoms with Crippen LogP contribution in [0.5, 0.6) is 5.75 Å². The molecule has 0 aliphatic carbocycles. The fourth-order valence-electron chi connectivity index (χ4n) is 2.32. The molecule has 0 fully saturated rings. The first kappa shape index (κ1) is 17.5. The summed E-state index contributed by atoms with van der Waals surface area (Å²) >= 11 is 0. The van der Waals surface area contributed by atoms with Crippen LogP contribution in [0.3, 0.4) is 0 Å². The van der Waals surface area contributed by atoms with Crippen LogP contribution in [0.4, 0.5) is 0 Å². The molecule has 0 heterocycles. The normalized spacial score (nSPS) is 12.4. The summed E-state index contributed by atoms with van der Waals surface area (Å²) in [5, 5.41) is 12.5. The minimum absolute atomic E-state index is 0.598. The summed E-state index contributed by atoms with van der Waals surface area (Å²) < 4.78 is 5.24. The minimum Gasteiger partial charge on any atom is -0.496 e. The lowest BCUT2D eigenvalue weighted by molar-refractivity contribution is -0.139. The van der Waals surface area contributed by atoms with Crippen LogP contribution in [-0.4, -0.2) is 49.3 Å². The Bertz CT molecular complexity index is 433. The van der Waals surface area contributed by atoms with Gasteiger partial charge in [-0.1, -0.05) is 32.0 Å². The van der Waals surface area contributed by atoms with E-state index in [2.05, 4.69) is 24.1 Å². The van der Waals surface area contributed by atoms with Crippen molar-refractivity contribution in [2.75, 3.05) is 33.3 Å². The van der Waals surface area contributed by atoms with E-state index in [-0.39, 0.29) is 0 Å². The van der Waals surface area contributed by atoms with E-state index < -0.39 is 12.0 Å². The van der Waals surface area contributed by atoms with Gasteiger partial charge in [0.25, 0.3) is 0 Å². The zero-order chi connectivity index (χ0) is 15.7. The molecule has 0 radical (unpaired) electrons. The summed E-state index contributed by atoms with van der Waals surface area (Å²) in [5.41, 5.74) is 0.662. The average Bonchev–Trinajstić information content (AvgIpc) is 2.50. The molecule has 0 aromatic heterocycles. The van der Waals surface area contributed by atoms with Crippen molar-refractivity contribution in [3.63, 3.8) is 0 Å². The van der Waals surface area contributed by atoms with Crippen molar-refractivity contribution in [1.82, 2.24) is 10.2 Å². The van der Waals surface area contributed by atoms with Crippen LogP contribution in [0.1, 0.15) is 31.9 Å². The Morgan fingerprint density at radius 3 is 2.57 bits per heavy atom. The lowest BCUT2D eigenvalue weighted by Gasteiger charge is -2.20. The van der Waals surface area contributed by atoms with E-state index >= 15 is 0 Å². The molecule has 0 bridgehead atoms. The highest BCUT2D eigenvalue weighted by Gasteiger charge is 2.22. The third kappa shape index (κ3) is 5.36. The number of hydrogen-bond acceptors (Lipinski definition) is 4. The Hall–Kier alpha value is -1.59. The van der Waals surface area contributed by atoms with Crippen LogP contribution < -0.4 is 10.1 Å². The number of benzene rings is 1. The average molecular weight is 294 g/mol. The Balaban J connectivity index is 2.61. The lowest BCUT2D eigenvalue weighted by atomic mass is 10.1. The first-order valence-corrected chi connectivity index (χ1v) is 7.45. The summed E-state index contributed by atoms with van der Waals surface area (Å²) in [4.78, 5) is 13.8. The number of hydrogen-bond donors (Lipinski definition) is 2. The second-order valence-electron chi connectivity index (χ2n) is 4.85. The molecule has 1 rings (SSSR count). The lowest BCUT2D eigenvalue weighted by Crippen LogP contribution is -2.32. The molecule has 1 atom stereocenters. The molecule has 0 spiro atoms. The quantitative estimate of drug-likeness (QED) is 0.647. The standard InChI is InChI=1S/C16H26N2O3/c1-4-18(5-2)12-8-11-17-15(16(19)20)13-9-6-7-10-14(13)21-3/h6-7,9-10,15,17H,4-5,8,11-12H2,1-3H3,(H,19,20). The zero-order valence-electron chi connectivity index (χ0n) is 13.1. The van der Waals surface area contributed by atoms with Crippen molar-refractivity contribution in [2.45, 2.75) is 26.3 Å². The molecule has 0 saturated heterocycles. The molecule has 1 unspecified atom stereocenters. The molecular formula is C16H26N2O3. The number of carbonyl (C=O) groups is 1. The number of rotatable bonds is 10. The third-order valence-electron chi connectivity index (χ3n) is 3.59. The van der Waals surface area contributed by atoms with Crippen molar-refractivity contribution >= 4 is 5.97 Å². The molecule has 0 saturated carbocycles. The maximum absolute atomic E-state index is 11.5. The van der Waals surface area contributed by atoms with Gasteiger partial charge in [-0.05, 0) is 38.7 Å². The molecule has 5 nitrogen and oxygen atoms in total. The number of aliphatic carboxylic acids is 1. The molecule has 0 aliphatic heterocycles. The molecule has 0 aliphatic rings. The van der Waals surface area contributed by atoms with Crippen LogP contribution in [0.15, 0.2) is 24.3 Å². The van der Waals surface area contributed by atoms with E-state index in [9.17, 15) is 9.90 Å². The number of nitrogens with zero attached hydrogens (tertiary/aromatic N) is 1. The first-order chi connectivity index (χ1) is 10.1. The number of nitrogens with one attached hydrogen (secondary N) is 1. The van der Waals surface area contributed by atoms with Gasteiger partial charge in [0, 0.05) is 5.56 Å². The number of carboxylic acid groups (broad SMARTS) is 1. The van der Waals surface area contributed by atoms with Gasteiger partial charge in [-0.3, -0.25) is 4.79 Å². The van der Waals surface area contributed by atoms with Gasteiger partial charge in [-0.25, -0.2) is 0 Å². The maximum atomic E-state index is 11.5. The summed E-state index contributed by atoms with van der Waals surface area (Å²) in [7, 11) is 1.55. The van der Waals surface area contributed by atoms with Gasteiger partial charge in [-0.15, -0.1) is 0 Å². The fraction of sp³-hybridized carbons (Fsp3) is 0.562. The Morgan fingerprint density at radius 1 is 1.33 bits per heavy atom. The summed E-state index contributed by atoms with van der Waals surface area (Å²) in [6.07, 6.45) is 0.917. The highest BCUT2D eigenvalue weighted by molar-refractivity contribution is 5.76. The largest absolute Gasteiger partial charge is 0.496 e. The molecule has 1 aromatic rings.